The minimum absolute atomic E-state index is 0. The third-order valence-electron chi connectivity index (χ3n) is 5.66. The number of guanidine groups is 1. The number of fused-ring (bicyclic) bond motifs is 2. The normalized spacial score (nSPS) is 18.7. The molecule has 0 aliphatic carbocycles. The van der Waals surface area contributed by atoms with E-state index in [0.29, 0.717) is 6.04 Å². The van der Waals surface area contributed by atoms with Crippen LogP contribution in [0.25, 0.3) is 0 Å². The third kappa shape index (κ3) is 5.70. The molecule has 2 N–H and O–H groups in total. The Labute approximate surface area is 195 Å². The number of nitrogens with one attached hydrogen (secondary N) is 2. The lowest BCUT2D eigenvalue weighted by Gasteiger charge is -2.25. The molecule has 0 bridgehead atoms. The molecule has 0 aromatic carbocycles. The zero-order chi connectivity index (χ0) is 20.1. The van der Waals surface area contributed by atoms with Crippen LogP contribution in [0.5, 0.6) is 0 Å². The first-order valence-corrected chi connectivity index (χ1v) is 11.1. The van der Waals surface area contributed by atoms with Crippen LogP contribution < -0.4 is 10.6 Å². The smallest absolute Gasteiger partial charge is 0.191 e. The van der Waals surface area contributed by atoms with Gasteiger partial charge in [0.2, 0.25) is 0 Å². The second kappa shape index (κ2) is 11.1. The Balaban J connectivity index is 0.00000256. The molecular formula is C20H34IN9. The molecule has 10 heteroatoms. The Morgan fingerprint density at radius 3 is 2.93 bits per heavy atom. The quantitative estimate of drug-likeness (QED) is 0.258. The summed E-state index contributed by atoms with van der Waals surface area (Å²) in [5.74, 6) is 5.12. The summed E-state index contributed by atoms with van der Waals surface area (Å²) < 4.78 is 4.36. The standard InChI is InChI=1S/C20H33N9.HI/c1-3-21-20(24-16-10-11-17-23-15(2)27-29(17)14-16)22-12-7-9-19-26-25-18-8-5-4-6-13-28(18)19;/h16H,3-14H2,1-2H3,(H2,21,22,24);1H. The lowest BCUT2D eigenvalue weighted by Crippen LogP contribution is -2.47. The van der Waals surface area contributed by atoms with Crippen molar-refractivity contribution in [1.82, 2.24) is 40.2 Å². The summed E-state index contributed by atoms with van der Waals surface area (Å²) in [4.78, 5) is 9.28. The molecule has 4 rings (SSSR count). The lowest BCUT2D eigenvalue weighted by molar-refractivity contribution is 0.392. The molecule has 4 heterocycles. The van der Waals surface area contributed by atoms with Crippen LogP contribution in [0.4, 0.5) is 0 Å². The molecular weight excluding hydrogens is 493 g/mol. The minimum atomic E-state index is 0. The number of aromatic nitrogens is 6. The Kier molecular flexibility index (Phi) is 8.46. The van der Waals surface area contributed by atoms with E-state index in [0.717, 1.165) is 87.5 Å². The van der Waals surface area contributed by atoms with E-state index in [9.17, 15) is 0 Å². The fourth-order valence-corrected chi connectivity index (χ4v) is 4.22. The third-order valence-corrected chi connectivity index (χ3v) is 5.66. The van der Waals surface area contributed by atoms with Gasteiger partial charge in [-0.05, 0) is 39.5 Å². The van der Waals surface area contributed by atoms with Gasteiger partial charge in [-0.1, -0.05) is 6.42 Å². The van der Waals surface area contributed by atoms with Gasteiger partial charge in [-0.25, -0.2) is 9.67 Å². The summed E-state index contributed by atoms with van der Waals surface area (Å²) in [5.41, 5.74) is 0. The number of hydrogen-bond acceptors (Lipinski definition) is 5. The van der Waals surface area contributed by atoms with Gasteiger partial charge in [0, 0.05) is 44.9 Å². The average molecular weight is 527 g/mol. The van der Waals surface area contributed by atoms with E-state index in [1.54, 1.807) is 0 Å². The first-order chi connectivity index (χ1) is 14.2. The monoisotopic (exact) mass is 527 g/mol. The largest absolute Gasteiger partial charge is 0.357 e. The van der Waals surface area contributed by atoms with E-state index in [2.05, 4.69) is 42.4 Å². The Morgan fingerprint density at radius 1 is 1.17 bits per heavy atom. The molecule has 0 radical (unpaired) electrons. The highest BCUT2D eigenvalue weighted by molar-refractivity contribution is 14.0. The molecule has 0 spiro atoms. The predicted molar refractivity (Wildman–Crippen MR) is 127 cm³/mol. The summed E-state index contributed by atoms with van der Waals surface area (Å²) in [6.45, 7) is 7.58. The highest BCUT2D eigenvalue weighted by Gasteiger charge is 2.21. The average Bonchev–Trinajstić information content (AvgIpc) is 3.18. The van der Waals surface area contributed by atoms with Crippen LogP contribution >= 0.6 is 24.0 Å². The maximum atomic E-state index is 4.79. The van der Waals surface area contributed by atoms with E-state index in [1.807, 2.05) is 11.6 Å². The van der Waals surface area contributed by atoms with Gasteiger partial charge in [-0.15, -0.1) is 34.2 Å². The summed E-state index contributed by atoms with van der Waals surface area (Å²) in [6.07, 6.45) is 8.74. The zero-order valence-electron chi connectivity index (χ0n) is 18.1. The maximum absolute atomic E-state index is 4.79. The molecule has 1 unspecified atom stereocenters. The van der Waals surface area contributed by atoms with Gasteiger partial charge < -0.3 is 15.2 Å². The minimum Gasteiger partial charge on any atom is -0.357 e. The fourth-order valence-electron chi connectivity index (χ4n) is 4.22. The van der Waals surface area contributed by atoms with Crippen molar-refractivity contribution in [3.63, 3.8) is 0 Å². The molecule has 0 amide bonds. The van der Waals surface area contributed by atoms with Gasteiger partial charge in [0.1, 0.15) is 23.3 Å². The van der Waals surface area contributed by atoms with Crippen molar-refractivity contribution >= 4 is 29.9 Å². The summed E-state index contributed by atoms with van der Waals surface area (Å²) in [5, 5.41) is 20.3. The fraction of sp³-hybridized carbons (Fsp3) is 0.750. The molecule has 0 fully saturated rings. The Hall–Kier alpha value is -1.72. The van der Waals surface area contributed by atoms with Gasteiger partial charge in [0.25, 0.3) is 0 Å². The van der Waals surface area contributed by atoms with Gasteiger partial charge in [0.15, 0.2) is 5.96 Å². The van der Waals surface area contributed by atoms with Crippen LogP contribution in [-0.2, 0) is 32.4 Å². The molecule has 1 atom stereocenters. The molecule has 166 valence electrons. The van der Waals surface area contributed by atoms with E-state index < -0.39 is 0 Å². The highest BCUT2D eigenvalue weighted by atomic mass is 127. The van der Waals surface area contributed by atoms with Crippen molar-refractivity contribution < 1.29 is 0 Å². The SMILES string of the molecule is CCNC(=NCCCc1nnc2n1CCCCC2)NC1CCc2nc(C)nn2C1.I. The molecule has 30 heavy (non-hydrogen) atoms. The van der Waals surface area contributed by atoms with Crippen molar-refractivity contribution in [1.29, 1.82) is 0 Å². The molecule has 2 aromatic heterocycles. The first-order valence-electron chi connectivity index (χ1n) is 11.1. The second-order valence-corrected chi connectivity index (χ2v) is 8.00. The van der Waals surface area contributed by atoms with Crippen LogP contribution in [0.15, 0.2) is 4.99 Å². The molecule has 2 aromatic rings. The van der Waals surface area contributed by atoms with E-state index in [-0.39, 0.29) is 24.0 Å². The van der Waals surface area contributed by atoms with Crippen molar-refractivity contribution in [2.45, 2.75) is 84.3 Å². The zero-order valence-corrected chi connectivity index (χ0v) is 20.4. The number of rotatable bonds is 6. The number of nitrogens with zero attached hydrogens (tertiary/aromatic N) is 7. The van der Waals surface area contributed by atoms with Crippen molar-refractivity contribution in [2.24, 2.45) is 4.99 Å². The number of aliphatic imine (C=N–C) groups is 1. The Bertz CT molecular complexity index is 841. The first kappa shape index (κ1) is 23.0. The Morgan fingerprint density at radius 2 is 2.07 bits per heavy atom. The summed E-state index contributed by atoms with van der Waals surface area (Å²) in [7, 11) is 0. The van der Waals surface area contributed by atoms with Gasteiger partial charge >= 0.3 is 0 Å². The van der Waals surface area contributed by atoms with Crippen LogP contribution in [0.2, 0.25) is 0 Å². The van der Waals surface area contributed by atoms with Crippen molar-refractivity contribution in [2.75, 3.05) is 13.1 Å². The van der Waals surface area contributed by atoms with Gasteiger partial charge in [0.05, 0.1) is 6.54 Å². The van der Waals surface area contributed by atoms with Crippen molar-refractivity contribution in [3.05, 3.63) is 23.3 Å². The second-order valence-electron chi connectivity index (χ2n) is 8.00. The molecule has 2 aliphatic heterocycles. The van der Waals surface area contributed by atoms with E-state index in [4.69, 9.17) is 4.99 Å². The number of aryl methyl sites for hydroxylation is 4. The molecule has 9 nitrogen and oxygen atoms in total. The van der Waals surface area contributed by atoms with Crippen molar-refractivity contribution in [3.8, 4) is 0 Å². The van der Waals surface area contributed by atoms with E-state index >= 15 is 0 Å². The predicted octanol–water partition coefficient (Wildman–Crippen LogP) is 2.03. The van der Waals surface area contributed by atoms with Crippen LogP contribution in [0.1, 0.15) is 62.3 Å². The molecule has 2 aliphatic rings. The summed E-state index contributed by atoms with van der Waals surface area (Å²) >= 11 is 0. The van der Waals surface area contributed by atoms with Crippen LogP contribution in [0.3, 0.4) is 0 Å². The van der Waals surface area contributed by atoms with E-state index in [1.165, 1.54) is 19.3 Å². The number of hydrogen-bond donors (Lipinski definition) is 2. The lowest BCUT2D eigenvalue weighted by atomic mass is 10.1. The molecule has 0 saturated carbocycles. The van der Waals surface area contributed by atoms with Crippen LogP contribution in [0, 0.1) is 6.92 Å². The maximum Gasteiger partial charge on any atom is 0.191 e. The van der Waals surface area contributed by atoms with Gasteiger partial charge in [-0.3, -0.25) is 4.99 Å². The summed E-state index contributed by atoms with van der Waals surface area (Å²) in [6, 6.07) is 0.327. The van der Waals surface area contributed by atoms with Crippen LogP contribution in [-0.4, -0.2) is 54.6 Å². The highest BCUT2D eigenvalue weighted by Crippen LogP contribution is 2.15. The van der Waals surface area contributed by atoms with Gasteiger partial charge in [-0.2, -0.15) is 5.10 Å². The number of halogens is 1. The topological polar surface area (TPSA) is 97.8 Å². The molecule has 0 saturated heterocycles.